The van der Waals surface area contributed by atoms with Crippen molar-refractivity contribution in [1.82, 2.24) is 10.0 Å². The Labute approximate surface area is 105 Å². The molecule has 0 saturated heterocycles. The Bertz CT molecular complexity index is 388. The van der Waals surface area contributed by atoms with Crippen LogP contribution in [0.4, 0.5) is 13.2 Å². The van der Waals surface area contributed by atoms with E-state index in [1.165, 1.54) is 6.92 Å². The number of sulfonamides is 1. The van der Waals surface area contributed by atoms with E-state index >= 15 is 0 Å². The quantitative estimate of drug-likeness (QED) is 0.776. The van der Waals surface area contributed by atoms with Crippen molar-refractivity contribution in [3.63, 3.8) is 0 Å². The molecule has 1 aliphatic carbocycles. The van der Waals surface area contributed by atoms with Crippen molar-refractivity contribution >= 4 is 10.0 Å². The lowest BCUT2D eigenvalue weighted by molar-refractivity contribution is -0.160. The van der Waals surface area contributed by atoms with Crippen LogP contribution in [0, 0.1) is 0 Å². The van der Waals surface area contributed by atoms with Gasteiger partial charge in [-0.15, -0.1) is 0 Å². The molecule has 2 N–H and O–H groups in total. The van der Waals surface area contributed by atoms with Crippen molar-refractivity contribution < 1.29 is 21.6 Å². The van der Waals surface area contributed by atoms with Crippen molar-refractivity contribution in [2.45, 2.75) is 56.6 Å². The maximum Gasteiger partial charge on any atom is 0.407 e. The van der Waals surface area contributed by atoms with E-state index in [1.807, 2.05) is 18.6 Å². The van der Waals surface area contributed by atoms with Crippen LogP contribution >= 0.6 is 0 Å². The smallest absolute Gasteiger partial charge is 0.313 e. The highest BCUT2D eigenvalue weighted by atomic mass is 32.2. The molecular formula is C10H19F3N2O2S. The molecule has 1 aliphatic rings. The first-order valence-electron chi connectivity index (χ1n) is 5.83. The highest BCUT2D eigenvalue weighted by Gasteiger charge is 2.65. The van der Waals surface area contributed by atoms with Gasteiger partial charge in [0.15, 0.2) is 0 Å². The Morgan fingerprint density at radius 1 is 1.22 bits per heavy atom. The normalized spacial score (nSPS) is 21.1. The Morgan fingerprint density at radius 2 is 1.72 bits per heavy atom. The van der Waals surface area contributed by atoms with Gasteiger partial charge in [-0.25, -0.2) is 8.42 Å². The van der Waals surface area contributed by atoms with Crippen molar-refractivity contribution in [2.75, 3.05) is 6.54 Å². The summed E-state index contributed by atoms with van der Waals surface area (Å²) < 4.78 is 63.4. The lowest BCUT2D eigenvalue weighted by atomic mass is 10.3. The van der Waals surface area contributed by atoms with Gasteiger partial charge in [-0.05, 0) is 19.8 Å². The van der Waals surface area contributed by atoms with Gasteiger partial charge in [0.1, 0.15) is 5.54 Å². The zero-order valence-corrected chi connectivity index (χ0v) is 11.5. The van der Waals surface area contributed by atoms with Gasteiger partial charge < -0.3 is 5.32 Å². The Morgan fingerprint density at radius 3 is 2.06 bits per heavy atom. The summed E-state index contributed by atoms with van der Waals surface area (Å²) in [6.07, 6.45) is -4.88. The van der Waals surface area contributed by atoms with E-state index in [4.69, 9.17) is 0 Å². The maximum atomic E-state index is 12.7. The fourth-order valence-electron chi connectivity index (χ4n) is 1.45. The molecule has 0 bridgehead atoms. The molecule has 0 heterocycles. The Kier molecular flexibility index (Phi) is 4.34. The van der Waals surface area contributed by atoms with Crippen LogP contribution in [0.5, 0.6) is 0 Å². The molecule has 1 atom stereocenters. The third-order valence-electron chi connectivity index (χ3n) is 2.97. The number of rotatable bonds is 6. The van der Waals surface area contributed by atoms with Gasteiger partial charge in [0.25, 0.3) is 0 Å². The second kappa shape index (κ2) is 4.97. The number of hydrogen-bond acceptors (Lipinski definition) is 3. The van der Waals surface area contributed by atoms with E-state index in [9.17, 15) is 21.6 Å². The summed E-state index contributed by atoms with van der Waals surface area (Å²) in [5.41, 5.74) is -2.22. The van der Waals surface area contributed by atoms with E-state index in [2.05, 4.69) is 5.32 Å². The van der Waals surface area contributed by atoms with Crippen LogP contribution in [0.1, 0.15) is 33.6 Å². The molecule has 0 amide bonds. The summed E-state index contributed by atoms with van der Waals surface area (Å²) in [4.78, 5) is 0. The lowest BCUT2D eigenvalue weighted by Crippen LogP contribution is -2.52. The molecule has 108 valence electrons. The summed E-state index contributed by atoms with van der Waals surface area (Å²) in [5.74, 6) is 0. The van der Waals surface area contributed by atoms with E-state index in [0.29, 0.717) is 0 Å². The number of nitrogens with one attached hydrogen (secondary N) is 2. The van der Waals surface area contributed by atoms with Gasteiger partial charge >= 0.3 is 6.18 Å². The maximum absolute atomic E-state index is 12.7. The van der Waals surface area contributed by atoms with E-state index in [0.717, 1.165) is 0 Å². The number of alkyl halides is 3. The SMILES string of the molecule is CC(C)NCC(C)S(=O)(=O)NC1(C(F)(F)F)CC1. The minimum absolute atomic E-state index is 0.0835. The minimum Gasteiger partial charge on any atom is -0.313 e. The zero-order valence-electron chi connectivity index (χ0n) is 10.6. The van der Waals surface area contributed by atoms with Gasteiger partial charge in [0, 0.05) is 12.6 Å². The summed E-state index contributed by atoms with van der Waals surface area (Å²) in [7, 11) is -3.97. The third kappa shape index (κ3) is 3.58. The molecule has 1 unspecified atom stereocenters. The van der Waals surface area contributed by atoms with E-state index in [1.54, 1.807) is 0 Å². The van der Waals surface area contributed by atoms with Crippen molar-refractivity contribution in [3.05, 3.63) is 0 Å². The molecule has 8 heteroatoms. The van der Waals surface area contributed by atoms with Crippen LogP contribution in [0.25, 0.3) is 0 Å². The monoisotopic (exact) mass is 288 g/mol. The van der Waals surface area contributed by atoms with Crippen LogP contribution in [0.2, 0.25) is 0 Å². The van der Waals surface area contributed by atoms with E-state index < -0.39 is 27.0 Å². The summed E-state index contributed by atoms with van der Waals surface area (Å²) in [6.45, 7) is 5.20. The van der Waals surface area contributed by atoms with Gasteiger partial charge in [0.2, 0.25) is 10.0 Å². The zero-order chi connectivity index (χ0) is 14.2. The van der Waals surface area contributed by atoms with Crippen LogP contribution in [0.15, 0.2) is 0 Å². The molecule has 0 aliphatic heterocycles. The highest BCUT2D eigenvalue weighted by Crippen LogP contribution is 2.49. The summed E-state index contributed by atoms with van der Waals surface area (Å²) in [5, 5.41) is 1.99. The average Bonchev–Trinajstić information content (AvgIpc) is 2.93. The van der Waals surface area contributed by atoms with Crippen LogP contribution in [0.3, 0.4) is 0 Å². The molecule has 0 aromatic heterocycles. The molecule has 1 saturated carbocycles. The first kappa shape index (κ1) is 15.7. The fourth-order valence-corrected chi connectivity index (χ4v) is 2.83. The molecule has 1 rings (SSSR count). The lowest BCUT2D eigenvalue weighted by Gasteiger charge is -2.23. The molecule has 18 heavy (non-hydrogen) atoms. The predicted molar refractivity (Wildman–Crippen MR) is 62.7 cm³/mol. The Balaban J connectivity index is 2.66. The second-order valence-corrected chi connectivity index (χ2v) is 7.20. The number of hydrogen-bond donors (Lipinski definition) is 2. The first-order valence-corrected chi connectivity index (χ1v) is 7.38. The minimum atomic E-state index is -4.52. The summed E-state index contributed by atoms with van der Waals surface area (Å²) in [6, 6.07) is 0.0835. The Hall–Kier alpha value is -0.340. The van der Waals surface area contributed by atoms with Crippen LogP contribution < -0.4 is 10.0 Å². The average molecular weight is 288 g/mol. The van der Waals surface area contributed by atoms with Gasteiger partial charge in [-0.3, -0.25) is 0 Å². The highest BCUT2D eigenvalue weighted by molar-refractivity contribution is 7.90. The van der Waals surface area contributed by atoms with Crippen LogP contribution in [-0.2, 0) is 10.0 Å². The van der Waals surface area contributed by atoms with Gasteiger partial charge in [-0.2, -0.15) is 17.9 Å². The summed E-state index contributed by atoms with van der Waals surface area (Å²) >= 11 is 0. The molecule has 0 aromatic rings. The third-order valence-corrected chi connectivity index (χ3v) is 4.87. The van der Waals surface area contributed by atoms with E-state index in [-0.39, 0.29) is 25.4 Å². The standard InChI is InChI=1S/C10H19F3N2O2S/c1-7(2)14-6-8(3)18(16,17)15-9(4-5-9)10(11,12)13/h7-8,14-15H,4-6H2,1-3H3. The topological polar surface area (TPSA) is 58.2 Å². The van der Waals surface area contributed by atoms with Crippen molar-refractivity contribution in [2.24, 2.45) is 0 Å². The van der Waals surface area contributed by atoms with Crippen LogP contribution in [-0.4, -0.2) is 38.0 Å². The molecular weight excluding hydrogens is 269 g/mol. The molecule has 4 nitrogen and oxygen atoms in total. The second-order valence-electron chi connectivity index (χ2n) is 5.10. The molecule has 1 fully saturated rings. The fraction of sp³-hybridized carbons (Fsp3) is 1.00. The van der Waals surface area contributed by atoms with Gasteiger partial charge in [-0.1, -0.05) is 13.8 Å². The van der Waals surface area contributed by atoms with Gasteiger partial charge in [0.05, 0.1) is 5.25 Å². The number of halogens is 3. The van der Waals surface area contributed by atoms with Crippen molar-refractivity contribution in [3.8, 4) is 0 Å². The predicted octanol–water partition coefficient (Wildman–Crippen LogP) is 1.39. The molecule has 0 radical (unpaired) electrons. The first-order chi connectivity index (χ1) is 8.00. The van der Waals surface area contributed by atoms with Crippen molar-refractivity contribution in [1.29, 1.82) is 0 Å². The molecule has 0 aromatic carbocycles. The molecule has 0 spiro atoms. The largest absolute Gasteiger partial charge is 0.407 e.